The Morgan fingerprint density at radius 2 is 1.93 bits per heavy atom. The molecule has 4 nitrogen and oxygen atoms in total. The van der Waals surface area contributed by atoms with Crippen LogP contribution in [-0.4, -0.2) is 36.3 Å². The third-order valence-corrected chi connectivity index (χ3v) is 6.57. The van der Waals surface area contributed by atoms with Gasteiger partial charge in [-0.3, -0.25) is 9.59 Å². The summed E-state index contributed by atoms with van der Waals surface area (Å²) in [7, 11) is 0. The van der Waals surface area contributed by atoms with E-state index < -0.39 is 0 Å². The molecule has 0 spiro atoms. The van der Waals surface area contributed by atoms with Crippen LogP contribution in [-0.2, 0) is 15.0 Å². The van der Waals surface area contributed by atoms with E-state index in [4.69, 9.17) is 0 Å². The maximum Gasteiger partial charge on any atom is 0.227 e. The maximum atomic E-state index is 12.8. The SMILES string of the molecule is CCC(=O)NCC(CC)C(=O)N1CCC(c2cccc(C3(C)CC3)c2)CC1. The molecule has 2 aliphatic rings. The van der Waals surface area contributed by atoms with E-state index in [9.17, 15) is 9.59 Å². The highest BCUT2D eigenvalue weighted by Crippen LogP contribution is 2.48. The first-order valence-corrected chi connectivity index (χ1v) is 10.6. The summed E-state index contributed by atoms with van der Waals surface area (Å²) in [5.74, 6) is 0.669. The molecule has 2 fully saturated rings. The summed E-state index contributed by atoms with van der Waals surface area (Å²) in [5, 5.41) is 2.88. The lowest BCUT2D eigenvalue weighted by molar-refractivity contribution is -0.136. The summed E-state index contributed by atoms with van der Waals surface area (Å²) in [4.78, 5) is 26.3. The van der Waals surface area contributed by atoms with E-state index in [1.807, 2.05) is 18.7 Å². The topological polar surface area (TPSA) is 49.4 Å². The van der Waals surface area contributed by atoms with Gasteiger partial charge in [0.05, 0.1) is 5.92 Å². The molecule has 3 rings (SSSR count). The fraction of sp³-hybridized carbons (Fsp3) is 0.652. The molecule has 1 aliphatic carbocycles. The van der Waals surface area contributed by atoms with Gasteiger partial charge in [0.2, 0.25) is 11.8 Å². The largest absolute Gasteiger partial charge is 0.355 e. The second-order valence-electron chi connectivity index (χ2n) is 8.55. The van der Waals surface area contributed by atoms with Crippen LogP contribution < -0.4 is 5.32 Å². The van der Waals surface area contributed by atoms with Crippen LogP contribution in [0.15, 0.2) is 24.3 Å². The van der Waals surface area contributed by atoms with Gasteiger partial charge in [0.1, 0.15) is 0 Å². The number of nitrogens with one attached hydrogen (secondary N) is 1. The molecule has 2 amide bonds. The lowest BCUT2D eigenvalue weighted by atomic mass is 9.86. The summed E-state index contributed by atoms with van der Waals surface area (Å²) in [6.45, 7) is 8.32. The van der Waals surface area contributed by atoms with Crippen LogP contribution in [0, 0.1) is 5.92 Å². The molecule has 0 radical (unpaired) electrons. The molecular weight excluding hydrogens is 336 g/mol. The molecule has 1 atom stereocenters. The van der Waals surface area contributed by atoms with Gasteiger partial charge in [0.25, 0.3) is 0 Å². The van der Waals surface area contributed by atoms with Crippen molar-refractivity contribution in [3.05, 3.63) is 35.4 Å². The minimum absolute atomic E-state index is 0.0178. The van der Waals surface area contributed by atoms with Crippen LogP contribution in [0.4, 0.5) is 0 Å². The molecule has 0 aromatic heterocycles. The van der Waals surface area contributed by atoms with Gasteiger partial charge in [-0.15, -0.1) is 0 Å². The van der Waals surface area contributed by atoms with Crippen molar-refractivity contribution in [1.29, 1.82) is 0 Å². The number of carbonyl (C=O) groups excluding carboxylic acids is 2. The lowest BCUT2D eigenvalue weighted by Gasteiger charge is -2.34. The quantitative estimate of drug-likeness (QED) is 0.789. The van der Waals surface area contributed by atoms with Crippen molar-refractivity contribution < 1.29 is 9.59 Å². The van der Waals surface area contributed by atoms with Crippen LogP contribution in [0.5, 0.6) is 0 Å². The third-order valence-electron chi connectivity index (χ3n) is 6.57. The average Bonchev–Trinajstić information content (AvgIpc) is 3.47. The molecule has 1 unspecified atom stereocenters. The Hall–Kier alpha value is -1.84. The first kappa shape index (κ1) is 19.9. The third kappa shape index (κ3) is 4.72. The summed E-state index contributed by atoms with van der Waals surface area (Å²) in [6.07, 6.45) is 5.90. The van der Waals surface area contributed by atoms with Gasteiger partial charge in [0.15, 0.2) is 0 Å². The minimum Gasteiger partial charge on any atom is -0.355 e. The van der Waals surface area contributed by atoms with Crippen molar-refractivity contribution >= 4 is 11.8 Å². The number of piperidine rings is 1. The molecule has 1 aromatic rings. The second kappa shape index (κ2) is 8.45. The Balaban J connectivity index is 1.55. The van der Waals surface area contributed by atoms with Crippen molar-refractivity contribution in [1.82, 2.24) is 10.2 Å². The zero-order valence-corrected chi connectivity index (χ0v) is 17.1. The van der Waals surface area contributed by atoms with Crippen molar-refractivity contribution in [3.63, 3.8) is 0 Å². The summed E-state index contributed by atoms with van der Waals surface area (Å²) in [6, 6.07) is 9.14. The van der Waals surface area contributed by atoms with Crippen LogP contribution >= 0.6 is 0 Å². The van der Waals surface area contributed by atoms with E-state index >= 15 is 0 Å². The number of hydrogen-bond donors (Lipinski definition) is 1. The highest BCUT2D eigenvalue weighted by atomic mass is 16.2. The zero-order valence-electron chi connectivity index (χ0n) is 17.1. The molecule has 1 heterocycles. The molecular formula is C23H34N2O2. The van der Waals surface area contributed by atoms with Crippen LogP contribution in [0.25, 0.3) is 0 Å². The molecule has 1 N–H and O–H groups in total. The first-order chi connectivity index (χ1) is 13.0. The molecule has 148 valence electrons. The van der Waals surface area contributed by atoms with Gasteiger partial charge < -0.3 is 10.2 Å². The molecule has 1 aromatic carbocycles. The number of hydrogen-bond acceptors (Lipinski definition) is 2. The van der Waals surface area contributed by atoms with E-state index in [1.54, 1.807) is 0 Å². The average molecular weight is 371 g/mol. The molecule has 0 bridgehead atoms. The number of nitrogens with zero attached hydrogens (tertiary/aromatic N) is 1. The number of likely N-dealkylation sites (tertiary alicyclic amines) is 1. The molecule has 1 saturated carbocycles. The van der Waals surface area contributed by atoms with Crippen molar-refractivity contribution in [2.45, 2.75) is 70.6 Å². The minimum atomic E-state index is -0.102. The smallest absolute Gasteiger partial charge is 0.227 e. The highest BCUT2D eigenvalue weighted by Gasteiger charge is 2.39. The van der Waals surface area contributed by atoms with E-state index in [0.717, 1.165) is 32.4 Å². The van der Waals surface area contributed by atoms with Gasteiger partial charge >= 0.3 is 0 Å². The van der Waals surface area contributed by atoms with E-state index in [0.29, 0.717) is 24.3 Å². The van der Waals surface area contributed by atoms with Gasteiger partial charge in [-0.25, -0.2) is 0 Å². The maximum absolute atomic E-state index is 12.8. The van der Waals surface area contributed by atoms with Crippen LogP contribution in [0.3, 0.4) is 0 Å². The Morgan fingerprint density at radius 1 is 1.22 bits per heavy atom. The Morgan fingerprint density at radius 3 is 2.52 bits per heavy atom. The summed E-state index contributed by atoms with van der Waals surface area (Å²) < 4.78 is 0. The Bertz CT molecular complexity index is 673. The fourth-order valence-electron chi connectivity index (χ4n) is 4.10. The number of benzene rings is 1. The fourth-order valence-corrected chi connectivity index (χ4v) is 4.10. The number of carbonyl (C=O) groups is 2. The Labute approximate surface area is 163 Å². The number of rotatable bonds is 7. The lowest BCUT2D eigenvalue weighted by Crippen LogP contribution is -2.44. The summed E-state index contributed by atoms with van der Waals surface area (Å²) >= 11 is 0. The van der Waals surface area contributed by atoms with Gasteiger partial charge in [-0.05, 0) is 54.6 Å². The zero-order chi connectivity index (χ0) is 19.4. The van der Waals surface area contributed by atoms with E-state index in [-0.39, 0.29) is 17.7 Å². The molecule has 27 heavy (non-hydrogen) atoms. The second-order valence-corrected chi connectivity index (χ2v) is 8.55. The van der Waals surface area contributed by atoms with Crippen LogP contribution in [0.2, 0.25) is 0 Å². The monoisotopic (exact) mass is 370 g/mol. The molecule has 1 saturated heterocycles. The van der Waals surface area contributed by atoms with Crippen molar-refractivity contribution in [2.24, 2.45) is 5.92 Å². The van der Waals surface area contributed by atoms with E-state index in [1.165, 1.54) is 24.0 Å². The predicted octanol–water partition coefficient (Wildman–Crippen LogP) is 4.00. The summed E-state index contributed by atoms with van der Waals surface area (Å²) in [5.41, 5.74) is 3.33. The van der Waals surface area contributed by atoms with Gasteiger partial charge in [-0.2, -0.15) is 0 Å². The van der Waals surface area contributed by atoms with Crippen molar-refractivity contribution in [2.75, 3.05) is 19.6 Å². The Kier molecular flexibility index (Phi) is 6.23. The van der Waals surface area contributed by atoms with Crippen molar-refractivity contribution in [3.8, 4) is 0 Å². The first-order valence-electron chi connectivity index (χ1n) is 10.6. The molecule has 1 aliphatic heterocycles. The van der Waals surface area contributed by atoms with Gasteiger partial charge in [0, 0.05) is 26.1 Å². The number of amides is 2. The normalized spacial score (nSPS) is 20.2. The highest BCUT2D eigenvalue weighted by molar-refractivity contribution is 5.81. The van der Waals surface area contributed by atoms with Crippen LogP contribution in [0.1, 0.15) is 76.3 Å². The predicted molar refractivity (Wildman–Crippen MR) is 109 cm³/mol. The standard InChI is InChI=1S/C23H34N2O2/c1-4-17(16-24-21(26)5-2)22(27)25-13-9-18(10-14-25)19-7-6-8-20(15-19)23(3)11-12-23/h6-8,15,17-18H,4-5,9-14,16H2,1-3H3,(H,24,26). The van der Waals surface area contributed by atoms with E-state index in [2.05, 4.69) is 36.5 Å². The van der Waals surface area contributed by atoms with Gasteiger partial charge in [-0.1, -0.05) is 45.0 Å². The molecule has 4 heteroatoms.